The third-order valence-corrected chi connectivity index (χ3v) is 5.37. The number of aromatic nitrogens is 2. The molecule has 0 bridgehead atoms. The smallest absolute Gasteiger partial charge is 0.251 e. The van der Waals surface area contributed by atoms with E-state index in [0.717, 1.165) is 30.8 Å². The number of amides is 1. The van der Waals surface area contributed by atoms with Crippen LogP contribution in [-0.4, -0.2) is 33.4 Å². The molecule has 3 aromatic rings. The van der Waals surface area contributed by atoms with Crippen LogP contribution in [0, 0.1) is 17.5 Å². The van der Waals surface area contributed by atoms with Crippen molar-refractivity contribution in [3.8, 4) is 0 Å². The summed E-state index contributed by atoms with van der Waals surface area (Å²) in [6, 6.07) is 11.1. The Balaban J connectivity index is 1.36. The van der Waals surface area contributed by atoms with Crippen molar-refractivity contribution < 1.29 is 18.0 Å². The summed E-state index contributed by atoms with van der Waals surface area (Å²) in [6.45, 7) is 2.20. The quantitative estimate of drug-likeness (QED) is 0.626. The molecular weight excluding hydrogens is 393 g/mol. The van der Waals surface area contributed by atoms with Crippen LogP contribution >= 0.6 is 0 Å². The molecule has 1 aliphatic heterocycles. The van der Waals surface area contributed by atoms with Crippen LogP contribution in [0.1, 0.15) is 34.0 Å². The van der Waals surface area contributed by atoms with Gasteiger partial charge in [-0.15, -0.1) is 0 Å². The zero-order chi connectivity index (χ0) is 21.1. The van der Waals surface area contributed by atoms with E-state index >= 15 is 0 Å². The highest BCUT2D eigenvalue weighted by molar-refractivity contribution is 5.94. The highest BCUT2D eigenvalue weighted by Gasteiger charge is 2.26. The van der Waals surface area contributed by atoms with Crippen LogP contribution in [0.25, 0.3) is 0 Å². The van der Waals surface area contributed by atoms with Crippen molar-refractivity contribution >= 4 is 5.91 Å². The second kappa shape index (κ2) is 8.71. The van der Waals surface area contributed by atoms with Gasteiger partial charge in [0.25, 0.3) is 5.91 Å². The van der Waals surface area contributed by atoms with Gasteiger partial charge in [0.15, 0.2) is 17.5 Å². The third-order valence-electron chi connectivity index (χ3n) is 5.37. The van der Waals surface area contributed by atoms with Gasteiger partial charge in [0.05, 0.1) is 25.2 Å². The summed E-state index contributed by atoms with van der Waals surface area (Å²) in [4.78, 5) is 18.5. The topological polar surface area (TPSA) is 50.2 Å². The van der Waals surface area contributed by atoms with Gasteiger partial charge in [0.1, 0.15) is 0 Å². The Labute approximate surface area is 172 Å². The molecule has 1 amide bonds. The van der Waals surface area contributed by atoms with Crippen molar-refractivity contribution in [2.75, 3.05) is 13.1 Å². The first-order chi connectivity index (χ1) is 14.5. The number of carbonyl (C=O) groups is 1. The van der Waals surface area contributed by atoms with Gasteiger partial charge in [-0.3, -0.25) is 9.69 Å². The minimum absolute atomic E-state index is 0.0700. The van der Waals surface area contributed by atoms with Crippen molar-refractivity contribution in [1.82, 2.24) is 19.8 Å². The Morgan fingerprint density at radius 3 is 2.60 bits per heavy atom. The highest BCUT2D eigenvalue weighted by atomic mass is 19.2. The maximum atomic E-state index is 13.5. The maximum Gasteiger partial charge on any atom is 0.251 e. The maximum absolute atomic E-state index is 13.5. The average molecular weight is 414 g/mol. The predicted molar refractivity (Wildman–Crippen MR) is 105 cm³/mol. The van der Waals surface area contributed by atoms with Gasteiger partial charge in [-0.2, -0.15) is 0 Å². The molecule has 2 heterocycles. The van der Waals surface area contributed by atoms with Gasteiger partial charge in [-0.25, -0.2) is 18.2 Å². The first-order valence-electron chi connectivity index (χ1n) is 9.70. The number of nitrogens with one attached hydrogen (secondary N) is 1. The molecule has 1 aliphatic rings. The average Bonchev–Trinajstić information content (AvgIpc) is 3.40. The molecule has 2 aromatic carbocycles. The number of carbonyl (C=O) groups excluding carboxylic acids is 1. The molecular formula is C22H21F3N4O. The van der Waals surface area contributed by atoms with Crippen LogP contribution in [0.2, 0.25) is 0 Å². The lowest BCUT2D eigenvalue weighted by molar-refractivity contribution is 0.0949. The predicted octanol–water partition coefficient (Wildman–Crippen LogP) is 3.68. The third kappa shape index (κ3) is 4.38. The van der Waals surface area contributed by atoms with Gasteiger partial charge >= 0.3 is 0 Å². The van der Waals surface area contributed by atoms with E-state index in [2.05, 4.69) is 15.2 Å². The number of halogens is 3. The van der Waals surface area contributed by atoms with E-state index in [1.807, 2.05) is 22.8 Å². The minimum atomic E-state index is -1.44. The van der Waals surface area contributed by atoms with Crippen molar-refractivity contribution in [2.45, 2.75) is 25.6 Å². The molecule has 1 saturated heterocycles. The number of hydrogen-bond acceptors (Lipinski definition) is 3. The summed E-state index contributed by atoms with van der Waals surface area (Å²) in [6.07, 6.45) is 4.11. The normalized spacial score (nSPS) is 16.7. The number of rotatable bonds is 6. The summed E-state index contributed by atoms with van der Waals surface area (Å²) >= 11 is 0. The molecule has 30 heavy (non-hydrogen) atoms. The lowest BCUT2D eigenvalue weighted by Gasteiger charge is -2.19. The number of likely N-dealkylation sites (tertiary alicyclic amines) is 1. The minimum Gasteiger partial charge on any atom is -0.346 e. The number of imidazole rings is 1. The van der Waals surface area contributed by atoms with Crippen LogP contribution < -0.4 is 5.32 Å². The van der Waals surface area contributed by atoms with E-state index in [4.69, 9.17) is 0 Å². The molecule has 5 nitrogen and oxygen atoms in total. The first-order valence-corrected chi connectivity index (χ1v) is 9.70. The summed E-state index contributed by atoms with van der Waals surface area (Å²) in [7, 11) is 0. The molecule has 1 atom stereocenters. The molecule has 1 unspecified atom stereocenters. The Morgan fingerprint density at radius 2 is 1.87 bits per heavy atom. The second-order valence-electron chi connectivity index (χ2n) is 7.41. The zero-order valence-corrected chi connectivity index (χ0v) is 16.2. The van der Waals surface area contributed by atoms with Gasteiger partial charge < -0.3 is 9.88 Å². The van der Waals surface area contributed by atoms with E-state index in [1.165, 1.54) is 0 Å². The van der Waals surface area contributed by atoms with Gasteiger partial charge in [-0.1, -0.05) is 18.2 Å². The highest BCUT2D eigenvalue weighted by Crippen LogP contribution is 2.29. The fourth-order valence-corrected chi connectivity index (χ4v) is 3.74. The van der Waals surface area contributed by atoms with E-state index in [1.54, 1.807) is 24.7 Å². The fraction of sp³-hybridized carbons (Fsp3) is 0.273. The Kier molecular flexibility index (Phi) is 5.85. The molecule has 1 N–H and O–H groups in total. The fourth-order valence-electron chi connectivity index (χ4n) is 3.74. The standard InChI is InChI=1S/C22H21F3N4O/c23-19-8-17(9-20(24)21(19)25)16-6-7-28(12-16)14-29-13-26-10-18(29)11-27-22(30)15-4-2-1-3-5-15/h1-5,8-10,13,16H,6-7,11-12,14H2,(H,27,30). The van der Waals surface area contributed by atoms with Crippen molar-refractivity contribution in [3.63, 3.8) is 0 Å². The lowest BCUT2D eigenvalue weighted by atomic mass is 9.98. The SMILES string of the molecule is O=C(NCc1cncn1CN1CCC(c2cc(F)c(F)c(F)c2)C1)c1ccccc1. The van der Waals surface area contributed by atoms with Crippen molar-refractivity contribution in [3.05, 3.63) is 89.3 Å². The van der Waals surface area contributed by atoms with Gasteiger partial charge in [0.2, 0.25) is 0 Å². The van der Waals surface area contributed by atoms with Crippen LogP contribution in [0.3, 0.4) is 0 Å². The molecule has 0 spiro atoms. The first kappa shape index (κ1) is 20.2. The summed E-state index contributed by atoms with van der Waals surface area (Å²) < 4.78 is 42.2. The largest absolute Gasteiger partial charge is 0.346 e. The number of nitrogens with zero attached hydrogens (tertiary/aromatic N) is 3. The van der Waals surface area contributed by atoms with E-state index < -0.39 is 17.5 Å². The zero-order valence-electron chi connectivity index (χ0n) is 16.2. The number of benzene rings is 2. The molecule has 8 heteroatoms. The van der Waals surface area contributed by atoms with Gasteiger partial charge in [-0.05, 0) is 42.2 Å². The van der Waals surface area contributed by atoms with E-state index in [9.17, 15) is 18.0 Å². The van der Waals surface area contributed by atoms with E-state index in [0.29, 0.717) is 30.9 Å². The molecule has 1 fully saturated rings. The van der Waals surface area contributed by atoms with Crippen LogP contribution in [0.15, 0.2) is 55.0 Å². The molecule has 156 valence electrons. The van der Waals surface area contributed by atoms with Gasteiger partial charge in [0, 0.05) is 24.8 Å². The van der Waals surface area contributed by atoms with Crippen molar-refractivity contribution in [1.29, 1.82) is 0 Å². The molecule has 0 aliphatic carbocycles. The monoisotopic (exact) mass is 414 g/mol. The molecule has 0 saturated carbocycles. The molecule has 1 aromatic heterocycles. The Hall–Kier alpha value is -3.13. The lowest BCUT2D eigenvalue weighted by Crippen LogP contribution is -2.27. The summed E-state index contributed by atoms with van der Waals surface area (Å²) in [5.41, 5.74) is 1.90. The summed E-state index contributed by atoms with van der Waals surface area (Å²) in [5, 5.41) is 2.88. The van der Waals surface area contributed by atoms with Crippen molar-refractivity contribution in [2.24, 2.45) is 0 Å². The molecule has 0 radical (unpaired) electrons. The molecule has 4 rings (SSSR count). The summed E-state index contributed by atoms with van der Waals surface area (Å²) in [5.74, 6) is -3.98. The Morgan fingerprint density at radius 1 is 1.13 bits per heavy atom. The van der Waals surface area contributed by atoms with Crippen LogP contribution in [0.5, 0.6) is 0 Å². The van der Waals surface area contributed by atoms with E-state index in [-0.39, 0.29) is 11.8 Å². The van der Waals surface area contributed by atoms with Crippen LogP contribution in [0.4, 0.5) is 13.2 Å². The Bertz CT molecular complexity index is 1010. The second-order valence-corrected chi connectivity index (χ2v) is 7.41. The van der Waals surface area contributed by atoms with Crippen LogP contribution in [-0.2, 0) is 13.2 Å². The number of hydrogen-bond donors (Lipinski definition) is 1.